The summed E-state index contributed by atoms with van der Waals surface area (Å²) in [6.45, 7) is 7.85. The predicted molar refractivity (Wildman–Crippen MR) is 92.7 cm³/mol. The Morgan fingerprint density at radius 1 is 1.22 bits per heavy atom. The summed E-state index contributed by atoms with van der Waals surface area (Å²) < 4.78 is 1.89. The number of nitrogens with zero attached hydrogens (tertiary/aromatic N) is 3. The van der Waals surface area contributed by atoms with Crippen LogP contribution in [0.3, 0.4) is 0 Å². The number of aryl methyl sites for hydroxylation is 2. The van der Waals surface area contributed by atoms with E-state index in [0.717, 1.165) is 42.5 Å². The number of hydrogen-bond donors (Lipinski definition) is 1. The van der Waals surface area contributed by atoms with Crippen LogP contribution in [0.5, 0.6) is 0 Å². The SMILES string of the molecule is Cc1ccc(Cn2nc(C)c(CN3CCC(CO)C3)c2Cl)cc1. The van der Waals surface area contributed by atoms with E-state index in [4.69, 9.17) is 11.6 Å². The van der Waals surface area contributed by atoms with Crippen molar-refractivity contribution in [1.82, 2.24) is 14.7 Å². The number of hydrogen-bond acceptors (Lipinski definition) is 3. The Labute approximate surface area is 142 Å². The lowest BCUT2D eigenvalue weighted by molar-refractivity contribution is 0.220. The Morgan fingerprint density at radius 3 is 2.61 bits per heavy atom. The van der Waals surface area contributed by atoms with Gasteiger partial charge in [-0.3, -0.25) is 4.90 Å². The Balaban J connectivity index is 1.73. The van der Waals surface area contributed by atoms with Crippen LogP contribution in [0.2, 0.25) is 5.15 Å². The van der Waals surface area contributed by atoms with Crippen LogP contribution in [0.25, 0.3) is 0 Å². The average Bonchev–Trinajstić information content (AvgIpc) is 3.10. The van der Waals surface area contributed by atoms with Crippen molar-refractivity contribution in [2.45, 2.75) is 33.4 Å². The number of aliphatic hydroxyl groups is 1. The zero-order chi connectivity index (χ0) is 16.4. The van der Waals surface area contributed by atoms with Crippen LogP contribution in [-0.4, -0.2) is 39.5 Å². The molecule has 1 unspecified atom stereocenters. The summed E-state index contributed by atoms with van der Waals surface area (Å²) >= 11 is 6.58. The van der Waals surface area contributed by atoms with Crippen LogP contribution in [0.1, 0.15) is 28.8 Å². The van der Waals surface area contributed by atoms with Gasteiger partial charge in [0.25, 0.3) is 0 Å². The largest absolute Gasteiger partial charge is 0.396 e. The van der Waals surface area contributed by atoms with Gasteiger partial charge >= 0.3 is 0 Å². The molecule has 2 heterocycles. The van der Waals surface area contributed by atoms with Gasteiger partial charge in [-0.05, 0) is 38.3 Å². The van der Waals surface area contributed by atoms with E-state index in [9.17, 15) is 5.11 Å². The first-order chi connectivity index (χ1) is 11.1. The topological polar surface area (TPSA) is 41.3 Å². The average molecular weight is 334 g/mol. The molecule has 2 aromatic rings. The second-order valence-corrected chi connectivity index (χ2v) is 6.93. The molecule has 1 aliphatic heterocycles. The molecule has 1 saturated heterocycles. The molecule has 0 bridgehead atoms. The third-order valence-electron chi connectivity index (χ3n) is 4.65. The molecule has 0 aliphatic carbocycles. The van der Waals surface area contributed by atoms with Gasteiger partial charge in [-0.2, -0.15) is 5.10 Å². The standard InChI is InChI=1S/C18H24ClN3O/c1-13-3-5-15(6-4-13)10-22-18(19)17(14(2)20-22)11-21-8-7-16(9-21)12-23/h3-6,16,23H,7-12H2,1-2H3. The minimum atomic E-state index is 0.274. The second-order valence-electron chi connectivity index (χ2n) is 6.57. The molecule has 3 rings (SSSR count). The Hall–Kier alpha value is -1.36. The number of aromatic nitrogens is 2. The van der Waals surface area contributed by atoms with Gasteiger partial charge in [-0.1, -0.05) is 41.4 Å². The lowest BCUT2D eigenvalue weighted by atomic mass is 10.1. The molecule has 1 N–H and O–H groups in total. The van der Waals surface area contributed by atoms with Crippen molar-refractivity contribution >= 4 is 11.6 Å². The molecule has 1 aliphatic rings. The monoisotopic (exact) mass is 333 g/mol. The van der Waals surface area contributed by atoms with E-state index in [1.165, 1.54) is 11.1 Å². The Kier molecular flexibility index (Phi) is 5.05. The fourth-order valence-corrected chi connectivity index (χ4v) is 3.46. The molecule has 1 atom stereocenters. The molecule has 23 heavy (non-hydrogen) atoms. The zero-order valence-corrected chi connectivity index (χ0v) is 14.6. The Bertz CT molecular complexity index is 666. The highest BCUT2D eigenvalue weighted by atomic mass is 35.5. The summed E-state index contributed by atoms with van der Waals surface area (Å²) in [4.78, 5) is 2.35. The van der Waals surface area contributed by atoms with Gasteiger partial charge in [0, 0.05) is 25.3 Å². The maximum Gasteiger partial charge on any atom is 0.132 e. The van der Waals surface area contributed by atoms with E-state index in [0.29, 0.717) is 12.5 Å². The van der Waals surface area contributed by atoms with Crippen molar-refractivity contribution in [2.75, 3.05) is 19.7 Å². The molecule has 0 spiro atoms. The summed E-state index contributed by atoms with van der Waals surface area (Å²) in [5, 5.41) is 14.6. The lowest BCUT2D eigenvalue weighted by Gasteiger charge is -2.15. The van der Waals surface area contributed by atoms with E-state index in [1.54, 1.807) is 0 Å². The molecular formula is C18H24ClN3O. The van der Waals surface area contributed by atoms with Gasteiger partial charge < -0.3 is 5.11 Å². The highest BCUT2D eigenvalue weighted by Gasteiger charge is 2.24. The molecule has 0 saturated carbocycles. The van der Waals surface area contributed by atoms with Gasteiger partial charge in [0.2, 0.25) is 0 Å². The van der Waals surface area contributed by atoms with Crippen LogP contribution in [-0.2, 0) is 13.1 Å². The van der Waals surface area contributed by atoms with Gasteiger partial charge in [-0.15, -0.1) is 0 Å². The molecule has 124 valence electrons. The number of rotatable bonds is 5. The quantitative estimate of drug-likeness (QED) is 0.914. The van der Waals surface area contributed by atoms with Crippen molar-refractivity contribution in [1.29, 1.82) is 0 Å². The Morgan fingerprint density at radius 2 is 1.96 bits per heavy atom. The first-order valence-electron chi connectivity index (χ1n) is 8.17. The molecule has 1 fully saturated rings. The first-order valence-corrected chi connectivity index (χ1v) is 8.55. The van der Waals surface area contributed by atoms with Crippen LogP contribution in [0.15, 0.2) is 24.3 Å². The normalized spacial score (nSPS) is 18.7. The van der Waals surface area contributed by atoms with Crippen molar-refractivity contribution in [3.63, 3.8) is 0 Å². The third kappa shape index (κ3) is 3.77. The maximum atomic E-state index is 9.28. The van der Waals surface area contributed by atoms with E-state index in [1.807, 2.05) is 11.6 Å². The highest BCUT2D eigenvalue weighted by Crippen LogP contribution is 2.25. The number of halogens is 1. The number of benzene rings is 1. The summed E-state index contributed by atoms with van der Waals surface area (Å²) in [6, 6.07) is 8.46. The molecule has 4 nitrogen and oxygen atoms in total. The minimum absolute atomic E-state index is 0.274. The molecular weight excluding hydrogens is 310 g/mol. The fourth-order valence-electron chi connectivity index (χ4n) is 3.17. The second kappa shape index (κ2) is 7.04. The molecule has 0 amide bonds. The molecule has 1 aromatic carbocycles. The molecule has 0 radical (unpaired) electrons. The summed E-state index contributed by atoms with van der Waals surface area (Å²) in [6.07, 6.45) is 1.06. The van der Waals surface area contributed by atoms with E-state index >= 15 is 0 Å². The first kappa shape index (κ1) is 16.5. The predicted octanol–water partition coefficient (Wildman–Crippen LogP) is 3.02. The fraction of sp³-hybridized carbons (Fsp3) is 0.500. The van der Waals surface area contributed by atoms with Gasteiger partial charge in [-0.25, -0.2) is 4.68 Å². The van der Waals surface area contributed by atoms with Crippen molar-refractivity contribution in [2.24, 2.45) is 5.92 Å². The summed E-state index contributed by atoms with van der Waals surface area (Å²) in [7, 11) is 0. The smallest absolute Gasteiger partial charge is 0.132 e. The highest BCUT2D eigenvalue weighted by molar-refractivity contribution is 6.30. The summed E-state index contributed by atoms with van der Waals surface area (Å²) in [5.74, 6) is 0.400. The van der Waals surface area contributed by atoms with E-state index < -0.39 is 0 Å². The van der Waals surface area contributed by atoms with E-state index in [2.05, 4.69) is 41.2 Å². The van der Waals surface area contributed by atoms with Crippen molar-refractivity contribution < 1.29 is 5.11 Å². The van der Waals surface area contributed by atoms with Gasteiger partial charge in [0.1, 0.15) is 5.15 Å². The van der Waals surface area contributed by atoms with Crippen LogP contribution >= 0.6 is 11.6 Å². The third-order valence-corrected chi connectivity index (χ3v) is 5.07. The van der Waals surface area contributed by atoms with Crippen LogP contribution in [0, 0.1) is 19.8 Å². The summed E-state index contributed by atoms with van der Waals surface area (Å²) in [5.41, 5.74) is 4.56. The van der Waals surface area contributed by atoms with Crippen LogP contribution < -0.4 is 0 Å². The van der Waals surface area contributed by atoms with Crippen molar-refractivity contribution in [3.05, 3.63) is 51.8 Å². The molecule has 1 aromatic heterocycles. The van der Waals surface area contributed by atoms with Crippen LogP contribution in [0.4, 0.5) is 0 Å². The van der Waals surface area contributed by atoms with Gasteiger partial charge in [0.15, 0.2) is 0 Å². The minimum Gasteiger partial charge on any atom is -0.396 e. The van der Waals surface area contributed by atoms with E-state index in [-0.39, 0.29) is 6.61 Å². The molecule has 5 heteroatoms. The lowest BCUT2D eigenvalue weighted by Crippen LogP contribution is -2.21. The van der Waals surface area contributed by atoms with Gasteiger partial charge in [0.05, 0.1) is 12.2 Å². The zero-order valence-electron chi connectivity index (χ0n) is 13.8. The number of aliphatic hydroxyl groups excluding tert-OH is 1. The number of likely N-dealkylation sites (tertiary alicyclic amines) is 1. The maximum absolute atomic E-state index is 9.28. The van der Waals surface area contributed by atoms with Crippen molar-refractivity contribution in [3.8, 4) is 0 Å².